The van der Waals surface area contributed by atoms with Crippen molar-refractivity contribution in [1.82, 2.24) is 14.9 Å². The molecule has 0 saturated heterocycles. The Kier molecular flexibility index (Phi) is 8.27. The van der Waals surface area contributed by atoms with Crippen LogP contribution < -0.4 is 0 Å². The molecule has 200 valence electrons. The summed E-state index contributed by atoms with van der Waals surface area (Å²) in [5.41, 5.74) is 0.229. The van der Waals surface area contributed by atoms with Gasteiger partial charge in [0, 0.05) is 37.6 Å². The van der Waals surface area contributed by atoms with Crippen molar-refractivity contribution in [3.8, 4) is 11.1 Å². The molecule has 1 aliphatic carbocycles. The molecule has 1 unspecified atom stereocenters. The largest absolute Gasteiger partial charge is 0.346 e. The molecule has 1 heterocycles. The number of carbonyl (C=O) groups is 1. The number of aliphatic imine (C=N–C) groups is 1. The number of carbonyl (C=O) groups excluding carboxylic acids is 1. The first-order valence-corrected chi connectivity index (χ1v) is 13.4. The molecular formula is C29H27FN4O4S. The van der Waals surface area contributed by atoms with Crippen LogP contribution in [0.1, 0.15) is 23.1 Å². The smallest absolute Gasteiger partial charge is 0.296 e. The standard InChI is InChI=1S/C29H27FN4O4S/c1-31-29(28(35)34(2)3,24-13-14-27(30)26(16-24)22-17-32-20-33-18-22)23-10-8-9-21(15-23)19-38-39(36,37)25-11-6-4-5-7-12-25/h4-6,8-18,20H,1,7,19H2,2-3H3. The predicted octanol–water partition coefficient (Wildman–Crippen LogP) is 4.56. The van der Waals surface area contributed by atoms with Gasteiger partial charge in [-0.2, -0.15) is 8.42 Å². The van der Waals surface area contributed by atoms with Gasteiger partial charge in [-0.05, 0) is 48.0 Å². The number of nitrogens with zero attached hydrogens (tertiary/aromatic N) is 4. The summed E-state index contributed by atoms with van der Waals surface area (Å²) in [4.78, 5) is 27.4. The second-order valence-electron chi connectivity index (χ2n) is 8.94. The van der Waals surface area contributed by atoms with Crippen molar-refractivity contribution in [2.24, 2.45) is 4.99 Å². The number of aromatic nitrogens is 2. The third-order valence-electron chi connectivity index (χ3n) is 6.19. The van der Waals surface area contributed by atoms with Gasteiger partial charge in [0.1, 0.15) is 12.1 Å². The summed E-state index contributed by atoms with van der Waals surface area (Å²) in [6.45, 7) is 3.47. The Labute approximate surface area is 227 Å². The maximum atomic E-state index is 14.9. The number of amides is 1. The van der Waals surface area contributed by atoms with Gasteiger partial charge in [0.25, 0.3) is 16.0 Å². The molecule has 0 fully saturated rings. The Bertz CT molecular complexity index is 1580. The van der Waals surface area contributed by atoms with Crippen molar-refractivity contribution in [3.05, 3.63) is 119 Å². The van der Waals surface area contributed by atoms with E-state index in [0.29, 0.717) is 28.7 Å². The summed E-state index contributed by atoms with van der Waals surface area (Å²) in [6, 6.07) is 10.9. The van der Waals surface area contributed by atoms with E-state index in [1.807, 2.05) is 6.08 Å². The van der Waals surface area contributed by atoms with Crippen LogP contribution in [0.4, 0.5) is 4.39 Å². The van der Waals surface area contributed by atoms with E-state index >= 15 is 0 Å². The summed E-state index contributed by atoms with van der Waals surface area (Å²) in [6.07, 6.45) is 13.0. The first-order valence-electron chi connectivity index (χ1n) is 12.0. The van der Waals surface area contributed by atoms with Gasteiger partial charge < -0.3 is 4.90 Å². The van der Waals surface area contributed by atoms with E-state index in [1.54, 1.807) is 56.6 Å². The van der Waals surface area contributed by atoms with Gasteiger partial charge in [-0.25, -0.2) is 14.4 Å². The Morgan fingerprint density at radius 3 is 2.59 bits per heavy atom. The van der Waals surface area contributed by atoms with Gasteiger partial charge in [-0.3, -0.25) is 14.0 Å². The summed E-state index contributed by atoms with van der Waals surface area (Å²) in [5, 5.41) is 0. The first kappa shape index (κ1) is 27.7. The Hall–Kier alpha value is -4.28. The summed E-state index contributed by atoms with van der Waals surface area (Å²) < 4.78 is 45.8. The zero-order valence-electron chi connectivity index (χ0n) is 21.5. The summed E-state index contributed by atoms with van der Waals surface area (Å²) in [7, 11) is -0.845. The van der Waals surface area contributed by atoms with Crippen molar-refractivity contribution < 1.29 is 21.8 Å². The highest BCUT2D eigenvalue weighted by atomic mass is 32.2. The lowest BCUT2D eigenvalue weighted by molar-refractivity contribution is -0.133. The fraction of sp³-hybridized carbons (Fsp3) is 0.172. The number of halogens is 1. The fourth-order valence-corrected chi connectivity index (χ4v) is 5.22. The van der Waals surface area contributed by atoms with Crippen LogP contribution in [-0.4, -0.2) is 50.0 Å². The van der Waals surface area contributed by atoms with Crippen LogP contribution in [0, 0.1) is 5.82 Å². The second-order valence-corrected chi connectivity index (χ2v) is 10.6. The van der Waals surface area contributed by atoms with E-state index in [9.17, 15) is 17.6 Å². The van der Waals surface area contributed by atoms with Gasteiger partial charge in [0.05, 0.1) is 11.5 Å². The molecule has 1 aliphatic rings. The maximum absolute atomic E-state index is 14.9. The van der Waals surface area contributed by atoms with Crippen molar-refractivity contribution in [3.63, 3.8) is 0 Å². The monoisotopic (exact) mass is 546 g/mol. The lowest BCUT2D eigenvalue weighted by atomic mass is 9.80. The zero-order valence-corrected chi connectivity index (χ0v) is 22.3. The lowest BCUT2D eigenvalue weighted by Gasteiger charge is -2.32. The van der Waals surface area contributed by atoms with E-state index in [-0.39, 0.29) is 17.1 Å². The third-order valence-corrected chi connectivity index (χ3v) is 7.49. The topological polar surface area (TPSA) is 102 Å². The Morgan fingerprint density at radius 2 is 1.87 bits per heavy atom. The Morgan fingerprint density at radius 1 is 1.13 bits per heavy atom. The maximum Gasteiger partial charge on any atom is 0.296 e. The van der Waals surface area contributed by atoms with Crippen molar-refractivity contribution in [2.75, 3.05) is 14.1 Å². The Balaban J connectivity index is 1.76. The van der Waals surface area contributed by atoms with Crippen LogP contribution in [-0.2, 0) is 31.2 Å². The first-order chi connectivity index (χ1) is 18.7. The molecule has 0 spiro atoms. The number of rotatable bonds is 9. The zero-order chi connectivity index (χ0) is 28.0. The molecule has 8 nitrogen and oxygen atoms in total. The van der Waals surface area contributed by atoms with E-state index in [0.717, 1.165) is 0 Å². The van der Waals surface area contributed by atoms with Crippen LogP contribution in [0.2, 0.25) is 0 Å². The highest BCUT2D eigenvalue weighted by Gasteiger charge is 2.43. The molecule has 2 aromatic carbocycles. The van der Waals surface area contributed by atoms with Gasteiger partial charge in [0.2, 0.25) is 0 Å². The molecule has 10 heteroatoms. The second kappa shape index (κ2) is 11.6. The molecule has 0 aliphatic heterocycles. The third kappa shape index (κ3) is 5.76. The summed E-state index contributed by atoms with van der Waals surface area (Å²) >= 11 is 0. The molecule has 1 atom stereocenters. The number of likely N-dealkylation sites (N-methyl/N-ethyl adjacent to an activating group) is 1. The van der Waals surface area contributed by atoms with E-state index in [1.165, 1.54) is 47.9 Å². The number of benzene rings is 2. The fourth-order valence-electron chi connectivity index (χ4n) is 4.24. The average Bonchev–Trinajstić information content (AvgIpc) is 3.25. The molecule has 3 aromatic rings. The minimum absolute atomic E-state index is 0.0669. The van der Waals surface area contributed by atoms with Crippen LogP contribution in [0.15, 0.2) is 101 Å². The van der Waals surface area contributed by atoms with Gasteiger partial charge >= 0.3 is 0 Å². The number of allylic oxidation sites excluding steroid dienone is 5. The van der Waals surface area contributed by atoms with Crippen LogP contribution >= 0.6 is 0 Å². The highest BCUT2D eigenvalue weighted by molar-refractivity contribution is 7.90. The lowest BCUT2D eigenvalue weighted by Crippen LogP contribution is -2.43. The molecule has 39 heavy (non-hydrogen) atoms. The van der Waals surface area contributed by atoms with Gasteiger partial charge in [-0.15, -0.1) is 0 Å². The molecule has 4 rings (SSSR count). The van der Waals surface area contributed by atoms with Crippen LogP contribution in [0.3, 0.4) is 0 Å². The molecule has 1 aromatic heterocycles. The molecule has 0 radical (unpaired) electrons. The van der Waals surface area contributed by atoms with Crippen LogP contribution in [0.25, 0.3) is 11.1 Å². The van der Waals surface area contributed by atoms with Crippen LogP contribution in [0.5, 0.6) is 0 Å². The minimum Gasteiger partial charge on any atom is -0.346 e. The molecular weight excluding hydrogens is 519 g/mol. The van der Waals surface area contributed by atoms with E-state index < -0.39 is 27.4 Å². The average molecular weight is 547 g/mol. The van der Waals surface area contributed by atoms with Crippen molar-refractivity contribution in [1.29, 1.82) is 0 Å². The molecule has 0 bridgehead atoms. The molecule has 0 N–H and O–H groups in total. The van der Waals surface area contributed by atoms with Crippen molar-refractivity contribution >= 4 is 22.7 Å². The van der Waals surface area contributed by atoms with E-state index in [2.05, 4.69) is 21.7 Å². The predicted molar refractivity (Wildman–Crippen MR) is 148 cm³/mol. The number of hydrogen-bond donors (Lipinski definition) is 0. The highest BCUT2D eigenvalue weighted by Crippen LogP contribution is 2.38. The SMILES string of the molecule is C=NC(C(=O)N(C)C)(c1cccc(COS(=O)(=O)C2=CCC=CC=C2)c1)c1ccc(F)c(-c2cncnc2)c1. The normalized spacial score (nSPS) is 14.7. The quantitative estimate of drug-likeness (QED) is 0.288. The van der Waals surface area contributed by atoms with Gasteiger partial charge in [0.15, 0.2) is 5.54 Å². The minimum atomic E-state index is -4.01. The molecule has 1 amide bonds. The van der Waals surface area contributed by atoms with Crippen molar-refractivity contribution in [2.45, 2.75) is 18.6 Å². The molecule has 0 saturated carbocycles. The van der Waals surface area contributed by atoms with Gasteiger partial charge in [-0.1, -0.05) is 54.6 Å². The summed E-state index contributed by atoms with van der Waals surface area (Å²) in [5.74, 6) is -0.945. The number of hydrogen-bond acceptors (Lipinski definition) is 7. The van der Waals surface area contributed by atoms with E-state index in [4.69, 9.17) is 4.18 Å².